The van der Waals surface area contributed by atoms with Crippen molar-refractivity contribution in [3.63, 3.8) is 0 Å². The van der Waals surface area contributed by atoms with E-state index in [-0.39, 0.29) is 17.0 Å². The second kappa shape index (κ2) is 6.63. The first-order valence-corrected chi connectivity index (χ1v) is 7.40. The number of benzene rings is 2. The molecule has 0 spiro atoms. The first kappa shape index (κ1) is 17.1. The average molecular weight is 357 g/mol. The summed E-state index contributed by atoms with van der Waals surface area (Å²) in [6.45, 7) is 1.60. The van der Waals surface area contributed by atoms with E-state index in [1.807, 2.05) is 0 Å². The Morgan fingerprint density at radius 2 is 1.73 bits per heavy atom. The van der Waals surface area contributed by atoms with E-state index in [0.29, 0.717) is 16.5 Å². The van der Waals surface area contributed by atoms with Crippen LogP contribution in [-0.4, -0.2) is 16.7 Å². The SMILES string of the molecule is Cc1c(C(=O)NNC(=O)c2ccc([N+](=O)[O-])cc2)oc2ccc(F)cc12. The van der Waals surface area contributed by atoms with Gasteiger partial charge in [0.25, 0.3) is 11.6 Å². The topological polar surface area (TPSA) is 114 Å². The first-order chi connectivity index (χ1) is 12.4. The maximum absolute atomic E-state index is 13.3. The first-order valence-electron chi connectivity index (χ1n) is 7.40. The Morgan fingerprint density at radius 3 is 2.38 bits per heavy atom. The molecule has 0 saturated carbocycles. The molecule has 3 rings (SSSR count). The fourth-order valence-corrected chi connectivity index (χ4v) is 2.39. The number of carbonyl (C=O) groups is 2. The highest BCUT2D eigenvalue weighted by molar-refractivity contribution is 6.01. The van der Waals surface area contributed by atoms with Crippen molar-refractivity contribution in [3.05, 3.63) is 75.3 Å². The Morgan fingerprint density at radius 1 is 1.08 bits per heavy atom. The number of amides is 2. The zero-order chi connectivity index (χ0) is 18.8. The van der Waals surface area contributed by atoms with Crippen molar-refractivity contribution in [1.29, 1.82) is 0 Å². The number of hydrogen-bond donors (Lipinski definition) is 2. The van der Waals surface area contributed by atoms with Crippen molar-refractivity contribution in [2.75, 3.05) is 0 Å². The summed E-state index contributed by atoms with van der Waals surface area (Å²) in [5, 5.41) is 11.1. The van der Waals surface area contributed by atoms with E-state index in [1.54, 1.807) is 6.92 Å². The number of non-ortho nitro benzene ring substituents is 1. The van der Waals surface area contributed by atoms with Gasteiger partial charge in [0.15, 0.2) is 5.76 Å². The number of hydrogen-bond acceptors (Lipinski definition) is 5. The van der Waals surface area contributed by atoms with Gasteiger partial charge < -0.3 is 4.42 Å². The van der Waals surface area contributed by atoms with Gasteiger partial charge in [-0.15, -0.1) is 0 Å². The van der Waals surface area contributed by atoms with Crippen molar-refractivity contribution in [1.82, 2.24) is 10.9 Å². The summed E-state index contributed by atoms with van der Waals surface area (Å²) in [4.78, 5) is 34.2. The molecule has 132 valence electrons. The van der Waals surface area contributed by atoms with Crippen molar-refractivity contribution in [2.45, 2.75) is 6.92 Å². The lowest BCUT2D eigenvalue weighted by molar-refractivity contribution is -0.384. The molecule has 0 unspecified atom stereocenters. The predicted octanol–water partition coefficient (Wildman–Crippen LogP) is 2.86. The zero-order valence-electron chi connectivity index (χ0n) is 13.4. The molecule has 9 heteroatoms. The summed E-state index contributed by atoms with van der Waals surface area (Å²) in [5.41, 5.74) is 5.12. The number of nitro groups is 1. The van der Waals surface area contributed by atoms with Crippen molar-refractivity contribution >= 4 is 28.5 Å². The summed E-state index contributed by atoms with van der Waals surface area (Å²) >= 11 is 0. The number of aryl methyl sites for hydroxylation is 1. The molecule has 0 aliphatic heterocycles. The molecule has 3 aromatic rings. The highest BCUT2D eigenvalue weighted by Gasteiger charge is 2.19. The lowest BCUT2D eigenvalue weighted by Crippen LogP contribution is -2.41. The van der Waals surface area contributed by atoms with Crippen LogP contribution in [0, 0.1) is 22.9 Å². The van der Waals surface area contributed by atoms with E-state index >= 15 is 0 Å². The fraction of sp³-hybridized carbons (Fsp3) is 0.0588. The van der Waals surface area contributed by atoms with Gasteiger partial charge >= 0.3 is 5.91 Å². The third-order valence-corrected chi connectivity index (χ3v) is 3.73. The Kier molecular flexibility index (Phi) is 4.36. The van der Waals surface area contributed by atoms with Gasteiger partial charge in [-0.1, -0.05) is 0 Å². The number of fused-ring (bicyclic) bond motifs is 1. The van der Waals surface area contributed by atoms with E-state index in [1.165, 1.54) is 42.5 Å². The van der Waals surface area contributed by atoms with Crippen molar-refractivity contribution < 1.29 is 23.3 Å². The molecule has 0 atom stereocenters. The fourth-order valence-electron chi connectivity index (χ4n) is 2.39. The third-order valence-electron chi connectivity index (χ3n) is 3.73. The highest BCUT2D eigenvalue weighted by Crippen LogP contribution is 2.25. The van der Waals surface area contributed by atoms with E-state index in [0.717, 1.165) is 0 Å². The summed E-state index contributed by atoms with van der Waals surface area (Å²) < 4.78 is 18.7. The molecule has 0 saturated heterocycles. The number of furan rings is 1. The van der Waals surface area contributed by atoms with Crippen LogP contribution in [0.25, 0.3) is 11.0 Å². The molecule has 0 bridgehead atoms. The normalized spacial score (nSPS) is 10.5. The standard InChI is InChI=1S/C17H12FN3O5/c1-9-13-8-11(18)4-7-14(13)26-15(9)17(23)20-19-16(22)10-2-5-12(6-3-10)21(24)25/h2-8H,1H3,(H,19,22)(H,20,23). The summed E-state index contributed by atoms with van der Waals surface area (Å²) in [6.07, 6.45) is 0. The van der Waals surface area contributed by atoms with Crippen molar-refractivity contribution in [2.24, 2.45) is 0 Å². The minimum Gasteiger partial charge on any atom is -0.451 e. The number of nitro benzene ring substituents is 1. The van der Waals surface area contributed by atoms with Gasteiger partial charge in [0.05, 0.1) is 4.92 Å². The minimum atomic E-state index is -0.714. The zero-order valence-corrected chi connectivity index (χ0v) is 13.4. The quantitative estimate of drug-likeness (QED) is 0.552. The molecule has 8 nitrogen and oxygen atoms in total. The smallest absolute Gasteiger partial charge is 0.305 e. The third kappa shape index (κ3) is 3.22. The molecular formula is C17H12FN3O5. The molecule has 0 radical (unpaired) electrons. The van der Waals surface area contributed by atoms with Crippen LogP contribution in [0.4, 0.5) is 10.1 Å². The lowest BCUT2D eigenvalue weighted by Gasteiger charge is -2.06. The van der Waals surface area contributed by atoms with Gasteiger partial charge in [-0.3, -0.25) is 30.6 Å². The van der Waals surface area contributed by atoms with Gasteiger partial charge in [-0.05, 0) is 37.3 Å². The largest absolute Gasteiger partial charge is 0.451 e. The maximum atomic E-state index is 13.3. The van der Waals surface area contributed by atoms with Crippen LogP contribution in [0.5, 0.6) is 0 Å². The lowest BCUT2D eigenvalue weighted by atomic mass is 10.1. The number of halogens is 1. The summed E-state index contributed by atoms with van der Waals surface area (Å²) in [5.74, 6) is -1.89. The molecule has 2 N–H and O–H groups in total. The van der Waals surface area contributed by atoms with E-state index < -0.39 is 22.6 Å². The van der Waals surface area contributed by atoms with Crippen LogP contribution in [-0.2, 0) is 0 Å². The number of hydrazine groups is 1. The molecule has 26 heavy (non-hydrogen) atoms. The summed E-state index contributed by atoms with van der Waals surface area (Å²) in [6, 6.07) is 8.74. The molecule has 0 fully saturated rings. The van der Waals surface area contributed by atoms with E-state index in [2.05, 4.69) is 10.9 Å². The van der Waals surface area contributed by atoms with Crippen LogP contribution in [0.2, 0.25) is 0 Å². The number of carbonyl (C=O) groups excluding carboxylic acids is 2. The predicted molar refractivity (Wildman–Crippen MR) is 88.9 cm³/mol. The molecular weight excluding hydrogens is 345 g/mol. The highest BCUT2D eigenvalue weighted by atomic mass is 19.1. The minimum absolute atomic E-state index is 0.0606. The molecule has 0 aliphatic rings. The van der Waals surface area contributed by atoms with Gasteiger partial charge in [0, 0.05) is 28.6 Å². The monoisotopic (exact) mass is 357 g/mol. The molecule has 1 aromatic heterocycles. The molecule has 1 heterocycles. The van der Waals surface area contributed by atoms with Crippen molar-refractivity contribution in [3.8, 4) is 0 Å². The van der Waals surface area contributed by atoms with Crippen LogP contribution in [0.15, 0.2) is 46.9 Å². The number of nitrogens with zero attached hydrogens (tertiary/aromatic N) is 1. The van der Waals surface area contributed by atoms with Crippen LogP contribution < -0.4 is 10.9 Å². The molecule has 2 amide bonds. The molecule has 0 aliphatic carbocycles. The van der Waals surface area contributed by atoms with Gasteiger partial charge in [0.2, 0.25) is 0 Å². The van der Waals surface area contributed by atoms with Gasteiger partial charge in [-0.25, -0.2) is 4.39 Å². The van der Waals surface area contributed by atoms with Gasteiger partial charge in [0.1, 0.15) is 11.4 Å². The Labute approximate surface area is 145 Å². The second-order valence-corrected chi connectivity index (χ2v) is 5.41. The number of nitrogens with one attached hydrogen (secondary N) is 2. The number of rotatable bonds is 3. The Hall–Kier alpha value is -3.75. The Bertz CT molecular complexity index is 1030. The van der Waals surface area contributed by atoms with E-state index in [4.69, 9.17) is 4.42 Å². The van der Waals surface area contributed by atoms with E-state index in [9.17, 15) is 24.1 Å². The van der Waals surface area contributed by atoms with Crippen LogP contribution in [0.1, 0.15) is 26.5 Å². The van der Waals surface area contributed by atoms with Gasteiger partial charge in [-0.2, -0.15) is 0 Å². The summed E-state index contributed by atoms with van der Waals surface area (Å²) in [7, 11) is 0. The Balaban J connectivity index is 1.71. The molecule has 2 aromatic carbocycles. The van der Waals surface area contributed by atoms with Crippen LogP contribution >= 0.6 is 0 Å². The average Bonchev–Trinajstić information content (AvgIpc) is 2.96. The second-order valence-electron chi connectivity index (χ2n) is 5.41. The maximum Gasteiger partial charge on any atom is 0.305 e. The van der Waals surface area contributed by atoms with Crippen LogP contribution in [0.3, 0.4) is 0 Å².